The van der Waals surface area contributed by atoms with E-state index in [0.717, 1.165) is 0 Å². The normalized spacial score (nSPS) is 28.5. The van der Waals surface area contributed by atoms with E-state index in [4.69, 9.17) is 28.9 Å². The van der Waals surface area contributed by atoms with Gasteiger partial charge >= 0.3 is 0 Å². The van der Waals surface area contributed by atoms with Gasteiger partial charge < -0.3 is 5.73 Å². The standard InChI is InChI=1S/C10H9Cl2NO/c11-10(12)6-9(10,13)8(14)7-4-2-1-3-5-7/h1-5H,6,13H2. The summed E-state index contributed by atoms with van der Waals surface area (Å²) < 4.78 is -1.10. The highest BCUT2D eigenvalue weighted by Gasteiger charge is 2.68. The van der Waals surface area contributed by atoms with E-state index in [1.165, 1.54) is 0 Å². The third-order valence-electron chi connectivity index (χ3n) is 2.47. The monoisotopic (exact) mass is 229 g/mol. The lowest BCUT2D eigenvalue weighted by molar-refractivity contribution is 0.0948. The number of alkyl halides is 2. The molecule has 1 fully saturated rings. The summed E-state index contributed by atoms with van der Waals surface area (Å²) in [5, 5.41) is 0. The quantitative estimate of drug-likeness (QED) is 0.624. The van der Waals surface area contributed by atoms with Crippen LogP contribution in [0.25, 0.3) is 0 Å². The van der Waals surface area contributed by atoms with Gasteiger partial charge in [0.25, 0.3) is 0 Å². The first-order chi connectivity index (χ1) is 6.47. The number of hydrogen-bond acceptors (Lipinski definition) is 2. The summed E-state index contributed by atoms with van der Waals surface area (Å²) in [4.78, 5) is 11.9. The molecule has 0 aromatic heterocycles. The number of carbonyl (C=O) groups excluding carboxylic acids is 1. The Labute approximate surface area is 92.0 Å². The molecule has 2 rings (SSSR count). The average Bonchev–Trinajstić information content (AvgIpc) is 2.68. The maximum absolute atomic E-state index is 11.9. The molecule has 0 saturated heterocycles. The van der Waals surface area contributed by atoms with Crippen LogP contribution >= 0.6 is 23.2 Å². The zero-order chi connectivity index (χ0) is 10.4. The van der Waals surface area contributed by atoms with Crippen molar-refractivity contribution in [1.82, 2.24) is 0 Å². The SMILES string of the molecule is NC1(C(=O)c2ccccc2)CC1(Cl)Cl. The molecule has 2 N–H and O–H groups in total. The molecular formula is C10H9Cl2NO. The highest BCUT2D eigenvalue weighted by atomic mass is 35.5. The van der Waals surface area contributed by atoms with Crippen LogP contribution < -0.4 is 5.73 Å². The molecular weight excluding hydrogens is 221 g/mol. The lowest BCUT2D eigenvalue weighted by atomic mass is 10.0. The number of rotatable bonds is 2. The summed E-state index contributed by atoms with van der Waals surface area (Å²) in [6, 6.07) is 8.81. The van der Waals surface area contributed by atoms with Gasteiger partial charge in [-0.25, -0.2) is 0 Å². The number of halogens is 2. The predicted octanol–water partition coefficient (Wildman–Crippen LogP) is 2.14. The van der Waals surface area contributed by atoms with Gasteiger partial charge in [-0.2, -0.15) is 0 Å². The van der Waals surface area contributed by atoms with Crippen molar-refractivity contribution in [3.63, 3.8) is 0 Å². The zero-order valence-corrected chi connectivity index (χ0v) is 8.85. The van der Waals surface area contributed by atoms with E-state index in [1.54, 1.807) is 24.3 Å². The number of hydrogen-bond donors (Lipinski definition) is 1. The lowest BCUT2D eigenvalue weighted by Crippen LogP contribution is -2.38. The first-order valence-corrected chi connectivity index (χ1v) is 4.99. The summed E-state index contributed by atoms with van der Waals surface area (Å²) >= 11 is 11.6. The van der Waals surface area contributed by atoms with Crippen molar-refractivity contribution in [2.45, 2.75) is 16.3 Å². The first kappa shape index (κ1) is 9.97. The molecule has 1 aliphatic rings. The van der Waals surface area contributed by atoms with Crippen LogP contribution in [0.3, 0.4) is 0 Å². The molecule has 0 bridgehead atoms. The second-order valence-corrected chi connectivity index (χ2v) is 5.03. The molecule has 1 aromatic rings. The smallest absolute Gasteiger partial charge is 0.185 e. The molecule has 1 atom stereocenters. The van der Waals surface area contributed by atoms with Crippen LogP contribution in [-0.2, 0) is 0 Å². The third kappa shape index (κ3) is 1.34. The molecule has 0 amide bonds. The minimum absolute atomic E-state index is 0.192. The van der Waals surface area contributed by atoms with Gasteiger partial charge in [-0.3, -0.25) is 4.79 Å². The van der Waals surface area contributed by atoms with Crippen molar-refractivity contribution in [3.8, 4) is 0 Å². The van der Waals surface area contributed by atoms with E-state index in [-0.39, 0.29) is 5.78 Å². The van der Waals surface area contributed by atoms with E-state index < -0.39 is 9.87 Å². The molecule has 1 saturated carbocycles. The maximum atomic E-state index is 11.9. The zero-order valence-electron chi connectivity index (χ0n) is 7.34. The van der Waals surface area contributed by atoms with Crippen LogP contribution in [0.15, 0.2) is 30.3 Å². The number of Topliss-reactive ketones (excluding diaryl/α,β-unsaturated/α-hetero) is 1. The molecule has 1 unspecified atom stereocenters. The second-order valence-electron chi connectivity index (χ2n) is 3.55. The number of nitrogens with two attached hydrogens (primary N) is 1. The van der Waals surface area contributed by atoms with Crippen LogP contribution in [0.1, 0.15) is 16.8 Å². The third-order valence-corrected chi connectivity index (χ3v) is 3.41. The molecule has 0 aliphatic heterocycles. The van der Waals surface area contributed by atoms with Crippen LogP contribution in [0.5, 0.6) is 0 Å². The molecule has 74 valence electrons. The minimum Gasteiger partial charge on any atom is -0.316 e. The summed E-state index contributed by atoms with van der Waals surface area (Å²) in [5.74, 6) is -0.192. The minimum atomic E-state index is -1.10. The van der Waals surface area contributed by atoms with E-state index in [1.807, 2.05) is 6.07 Å². The number of ketones is 1. The summed E-state index contributed by atoms with van der Waals surface area (Å²) in [6.45, 7) is 0. The topological polar surface area (TPSA) is 43.1 Å². The Balaban J connectivity index is 2.28. The molecule has 0 radical (unpaired) electrons. The van der Waals surface area contributed by atoms with Crippen molar-refractivity contribution in [2.24, 2.45) is 5.73 Å². The first-order valence-electron chi connectivity index (χ1n) is 4.24. The summed E-state index contributed by atoms with van der Waals surface area (Å²) in [5.41, 5.74) is 5.24. The fourth-order valence-corrected chi connectivity index (χ4v) is 1.99. The fourth-order valence-electron chi connectivity index (χ4n) is 1.40. The van der Waals surface area contributed by atoms with Crippen LogP contribution in [0, 0.1) is 0 Å². The van der Waals surface area contributed by atoms with Gasteiger partial charge in [0.05, 0.1) is 0 Å². The van der Waals surface area contributed by atoms with Crippen molar-refractivity contribution in [2.75, 3.05) is 0 Å². The number of carbonyl (C=O) groups is 1. The molecule has 0 heterocycles. The highest BCUT2D eigenvalue weighted by Crippen LogP contribution is 2.56. The van der Waals surface area contributed by atoms with Crippen molar-refractivity contribution >= 4 is 29.0 Å². The Morgan fingerprint density at radius 3 is 2.21 bits per heavy atom. The van der Waals surface area contributed by atoms with Gasteiger partial charge in [-0.05, 0) is 0 Å². The summed E-state index contributed by atoms with van der Waals surface area (Å²) in [6.07, 6.45) is 0.316. The summed E-state index contributed by atoms with van der Waals surface area (Å²) in [7, 11) is 0. The molecule has 1 aromatic carbocycles. The van der Waals surface area contributed by atoms with E-state index in [0.29, 0.717) is 12.0 Å². The average molecular weight is 230 g/mol. The van der Waals surface area contributed by atoms with Crippen LogP contribution in [-0.4, -0.2) is 15.7 Å². The van der Waals surface area contributed by atoms with Gasteiger partial charge in [0.2, 0.25) is 0 Å². The molecule has 14 heavy (non-hydrogen) atoms. The lowest BCUT2D eigenvalue weighted by Gasteiger charge is -2.10. The Morgan fingerprint density at radius 1 is 1.29 bits per heavy atom. The Kier molecular flexibility index (Phi) is 2.11. The second kappa shape index (κ2) is 2.96. The van der Waals surface area contributed by atoms with E-state index in [2.05, 4.69) is 0 Å². The van der Waals surface area contributed by atoms with Crippen molar-refractivity contribution < 1.29 is 4.79 Å². The fraction of sp³-hybridized carbons (Fsp3) is 0.300. The molecule has 4 heteroatoms. The van der Waals surface area contributed by atoms with Gasteiger partial charge in [0.1, 0.15) is 9.87 Å². The molecule has 0 spiro atoms. The van der Waals surface area contributed by atoms with Crippen molar-refractivity contribution in [3.05, 3.63) is 35.9 Å². The van der Waals surface area contributed by atoms with Gasteiger partial charge in [0.15, 0.2) is 5.78 Å². The Morgan fingerprint density at radius 2 is 1.79 bits per heavy atom. The van der Waals surface area contributed by atoms with Crippen LogP contribution in [0.2, 0.25) is 0 Å². The van der Waals surface area contributed by atoms with Gasteiger partial charge in [0, 0.05) is 12.0 Å². The van der Waals surface area contributed by atoms with E-state index >= 15 is 0 Å². The van der Waals surface area contributed by atoms with Gasteiger partial charge in [-0.1, -0.05) is 53.5 Å². The van der Waals surface area contributed by atoms with Crippen LogP contribution in [0.4, 0.5) is 0 Å². The number of benzene rings is 1. The van der Waals surface area contributed by atoms with Crippen molar-refractivity contribution in [1.29, 1.82) is 0 Å². The molecule has 2 nitrogen and oxygen atoms in total. The maximum Gasteiger partial charge on any atom is 0.185 e. The molecule has 1 aliphatic carbocycles. The predicted molar refractivity (Wildman–Crippen MR) is 56.7 cm³/mol. The van der Waals surface area contributed by atoms with E-state index in [9.17, 15) is 4.79 Å². The van der Waals surface area contributed by atoms with Gasteiger partial charge in [-0.15, -0.1) is 0 Å². The Bertz CT molecular complexity index is 377. The Hall–Kier alpha value is -0.570. The highest BCUT2D eigenvalue weighted by molar-refractivity contribution is 6.54. The largest absolute Gasteiger partial charge is 0.316 e.